The van der Waals surface area contributed by atoms with Crippen LogP contribution in [0.25, 0.3) is 0 Å². The first kappa shape index (κ1) is 15.6. The largest absolute Gasteiger partial charge is 0.475 e. The van der Waals surface area contributed by atoms with Gasteiger partial charge in [0, 0.05) is 5.56 Å². The second-order valence-corrected chi connectivity index (χ2v) is 5.12. The maximum absolute atomic E-state index is 12.2. The number of benzene rings is 3. The molecule has 3 rings (SSSR count). The fraction of sp³-hybridized carbons (Fsp3) is 0.0500. The summed E-state index contributed by atoms with van der Waals surface area (Å²) in [6, 6.07) is 26.1. The molecule has 4 heteroatoms. The zero-order valence-corrected chi connectivity index (χ0v) is 12.8. The maximum atomic E-state index is 12.2. The van der Waals surface area contributed by atoms with Crippen LogP contribution in [0.3, 0.4) is 0 Å². The van der Waals surface area contributed by atoms with E-state index in [-0.39, 0.29) is 0 Å². The topological polar surface area (TPSA) is 55.8 Å². The lowest BCUT2D eigenvalue weighted by atomic mass is 10.1. The van der Waals surface area contributed by atoms with Gasteiger partial charge in [0.1, 0.15) is 11.5 Å². The summed E-state index contributed by atoms with van der Waals surface area (Å²) < 4.78 is 11.7. The first-order valence-electron chi connectivity index (χ1n) is 7.48. The third-order valence-corrected chi connectivity index (χ3v) is 3.44. The van der Waals surface area contributed by atoms with E-state index < -0.39 is 11.8 Å². The summed E-state index contributed by atoms with van der Waals surface area (Å²) in [5.74, 6) is -2.41. The van der Waals surface area contributed by atoms with Gasteiger partial charge >= 0.3 is 11.8 Å². The van der Waals surface area contributed by atoms with E-state index in [1.807, 2.05) is 12.1 Å². The molecule has 0 fully saturated rings. The molecule has 4 nitrogen and oxygen atoms in total. The molecule has 0 atom stereocenters. The van der Waals surface area contributed by atoms with Crippen molar-refractivity contribution in [2.24, 2.45) is 0 Å². The van der Waals surface area contributed by atoms with Crippen molar-refractivity contribution in [3.63, 3.8) is 0 Å². The Morgan fingerprint density at radius 3 is 1.42 bits per heavy atom. The van der Waals surface area contributed by atoms with E-state index in [9.17, 15) is 9.90 Å². The summed E-state index contributed by atoms with van der Waals surface area (Å²) in [4.78, 5) is 12.2. The highest BCUT2D eigenvalue weighted by Gasteiger charge is 2.46. The Morgan fingerprint density at radius 1 is 0.667 bits per heavy atom. The van der Waals surface area contributed by atoms with E-state index >= 15 is 0 Å². The summed E-state index contributed by atoms with van der Waals surface area (Å²) in [6.07, 6.45) is 0. The number of ether oxygens (including phenoxy) is 2. The Balaban J connectivity index is 2.08. The lowest BCUT2D eigenvalue weighted by Gasteiger charge is -2.31. The van der Waals surface area contributed by atoms with Gasteiger partial charge in [-0.15, -0.1) is 0 Å². The number of hydrogen-bond acceptors (Lipinski definition) is 3. The van der Waals surface area contributed by atoms with Gasteiger partial charge in [-0.05, 0) is 24.3 Å². The van der Waals surface area contributed by atoms with E-state index in [2.05, 4.69) is 0 Å². The molecule has 120 valence electrons. The van der Waals surface area contributed by atoms with Crippen LogP contribution in [0.5, 0.6) is 11.5 Å². The number of rotatable bonds is 6. The van der Waals surface area contributed by atoms with Crippen molar-refractivity contribution in [2.45, 2.75) is 5.79 Å². The van der Waals surface area contributed by atoms with Crippen LogP contribution in [0.4, 0.5) is 0 Å². The second-order valence-electron chi connectivity index (χ2n) is 5.12. The van der Waals surface area contributed by atoms with E-state index in [1.165, 1.54) is 0 Å². The summed E-state index contributed by atoms with van der Waals surface area (Å²) in [6.45, 7) is 0. The van der Waals surface area contributed by atoms with Crippen molar-refractivity contribution >= 4 is 5.97 Å². The standard InChI is InChI=1S/C20H16O4/c21-19(22)20(16-10-4-1-5-11-16,23-17-12-6-2-7-13-17)24-18-14-8-3-9-15-18/h1-15H,(H,21,22). The molecule has 0 spiro atoms. The van der Waals surface area contributed by atoms with Gasteiger partial charge in [-0.1, -0.05) is 66.7 Å². The van der Waals surface area contributed by atoms with Crippen molar-refractivity contribution in [1.82, 2.24) is 0 Å². The smallest absolute Gasteiger partial charge is 0.395 e. The van der Waals surface area contributed by atoms with Crippen LogP contribution in [0, 0.1) is 0 Å². The zero-order chi connectivity index (χ0) is 16.8. The summed E-state index contributed by atoms with van der Waals surface area (Å²) in [7, 11) is 0. The first-order valence-corrected chi connectivity index (χ1v) is 7.48. The molecule has 3 aromatic carbocycles. The SMILES string of the molecule is O=C(O)C(Oc1ccccc1)(Oc1ccccc1)c1ccccc1. The molecule has 0 saturated carbocycles. The number of aliphatic carboxylic acids is 1. The molecule has 1 N–H and O–H groups in total. The van der Waals surface area contributed by atoms with E-state index in [0.29, 0.717) is 17.1 Å². The molecule has 0 aliphatic heterocycles. The zero-order valence-electron chi connectivity index (χ0n) is 12.8. The van der Waals surface area contributed by atoms with Gasteiger partial charge < -0.3 is 14.6 Å². The quantitative estimate of drug-likeness (QED) is 0.695. The third kappa shape index (κ3) is 3.22. The van der Waals surface area contributed by atoms with Crippen LogP contribution in [0.15, 0.2) is 91.0 Å². The molecule has 0 aliphatic carbocycles. The Hall–Kier alpha value is -3.27. The monoisotopic (exact) mass is 320 g/mol. The molecule has 0 aromatic heterocycles. The normalized spacial score (nSPS) is 10.8. The van der Waals surface area contributed by atoms with Gasteiger partial charge in [-0.25, -0.2) is 4.79 Å². The minimum Gasteiger partial charge on any atom is -0.475 e. The molecule has 0 amide bonds. The van der Waals surface area contributed by atoms with Crippen molar-refractivity contribution in [1.29, 1.82) is 0 Å². The molecular weight excluding hydrogens is 304 g/mol. The average Bonchev–Trinajstić information content (AvgIpc) is 2.63. The minimum absolute atomic E-state index is 0.394. The molecule has 0 unspecified atom stereocenters. The van der Waals surface area contributed by atoms with Crippen LogP contribution in [0.1, 0.15) is 5.56 Å². The summed E-state index contributed by atoms with van der Waals surface area (Å²) in [5, 5.41) is 9.95. The Morgan fingerprint density at radius 2 is 1.04 bits per heavy atom. The average molecular weight is 320 g/mol. The lowest BCUT2D eigenvalue weighted by molar-refractivity contribution is -0.189. The first-order chi connectivity index (χ1) is 11.7. The van der Waals surface area contributed by atoms with Crippen LogP contribution in [0.2, 0.25) is 0 Å². The molecule has 0 radical (unpaired) electrons. The van der Waals surface area contributed by atoms with Gasteiger partial charge in [0.05, 0.1) is 0 Å². The number of carboxylic acids is 1. The van der Waals surface area contributed by atoms with Crippen LogP contribution in [-0.2, 0) is 10.6 Å². The van der Waals surface area contributed by atoms with Gasteiger partial charge in [0.15, 0.2) is 0 Å². The Bertz CT molecular complexity index is 744. The van der Waals surface area contributed by atoms with Crippen molar-refractivity contribution in [2.75, 3.05) is 0 Å². The molecule has 24 heavy (non-hydrogen) atoms. The van der Waals surface area contributed by atoms with Gasteiger partial charge in [0.2, 0.25) is 0 Å². The lowest BCUT2D eigenvalue weighted by Crippen LogP contribution is -2.47. The van der Waals surface area contributed by atoms with Crippen LogP contribution >= 0.6 is 0 Å². The molecule has 0 saturated heterocycles. The number of hydrogen-bond donors (Lipinski definition) is 1. The van der Waals surface area contributed by atoms with E-state index in [1.54, 1.807) is 78.9 Å². The highest BCUT2D eigenvalue weighted by Crippen LogP contribution is 2.32. The van der Waals surface area contributed by atoms with Gasteiger partial charge in [0.25, 0.3) is 0 Å². The number of carboxylic acid groups (broad SMARTS) is 1. The van der Waals surface area contributed by atoms with Gasteiger partial charge in [-0.2, -0.15) is 0 Å². The van der Waals surface area contributed by atoms with Crippen molar-refractivity contribution < 1.29 is 19.4 Å². The highest BCUT2D eigenvalue weighted by molar-refractivity contribution is 5.78. The molecule has 0 heterocycles. The van der Waals surface area contributed by atoms with Crippen LogP contribution < -0.4 is 9.47 Å². The van der Waals surface area contributed by atoms with E-state index in [4.69, 9.17) is 9.47 Å². The predicted octanol–water partition coefficient (Wildman–Crippen LogP) is 4.08. The van der Waals surface area contributed by atoms with E-state index in [0.717, 1.165) is 0 Å². The van der Waals surface area contributed by atoms with Crippen molar-refractivity contribution in [3.05, 3.63) is 96.6 Å². The number of carbonyl (C=O) groups is 1. The third-order valence-electron chi connectivity index (χ3n) is 3.44. The Kier molecular flexibility index (Phi) is 4.47. The second kappa shape index (κ2) is 6.87. The summed E-state index contributed by atoms with van der Waals surface area (Å²) in [5.41, 5.74) is 0.394. The predicted molar refractivity (Wildman–Crippen MR) is 89.9 cm³/mol. The minimum atomic E-state index is -1.98. The summed E-state index contributed by atoms with van der Waals surface area (Å²) >= 11 is 0. The fourth-order valence-electron chi connectivity index (χ4n) is 2.32. The van der Waals surface area contributed by atoms with Gasteiger partial charge in [-0.3, -0.25) is 0 Å². The molecule has 0 aliphatic rings. The van der Waals surface area contributed by atoms with Crippen molar-refractivity contribution in [3.8, 4) is 11.5 Å². The van der Waals surface area contributed by atoms with Crippen LogP contribution in [-0.4, -0.2) is 11.1 Å². The molecule has 3 aromatic rings. The number of para-hydroxylation sites is 2. The molecule has 0 bridgehead atoms. The highest BCUT2D eigenvalue weighted by atomic mass is 16.7. The Labute approximate surface area is 139 Å². The maximum Gasteiger partial charge on any atom is 0.395 e. The molecular formula is C20H16O4. The fourth-order valence-corrected chi connectivity index (χ4v) is 2.32.